The second-order valence-corrected chi connectivity index (χ2v) is 7.16. The van der Waals surface area contributed by atoms with Crippen molar-refractivity contribution >= 4 is 39.7 Å². The zero-order valence-electron chi connectivity index (χ0n) is 18.4. The summed E-state index contributed by atoms with van der Waals surface area (Å²) in [7, 11) is 2.91. The van der Waals surface area contributed by atoms with Crippen molar-refractivity contribution in [3.05, 3.63) is 41.6 Å². The zero-order valence-corrected chi connectivity index (χ0v) is 18.4. The number of anilines is 2. The molecule has 0 saturated heterocycles. The SMILES string of the molecule is COc1cccc2c(OC(=O)C(F)(F)F)nc(Nc3nc(C)c4c(OC)ccc(C)c4n3)nc12. The van der Waals surface area contributed by atoms with Crippen LogP contribution in [0.2, 0.25) is 0 Å². The second-order valence-electron chi connectivity index (χ2n) is 7.16. The minimum absolute atomic E-state index is 0.0543. The minimum Gasteiger partial charge on any atom is -0.496 e. The highest BCUT2D eigenvalue weighted by Crippen LogP contribution is 2.33. The standard InChI is InChI=1S/C22H18F3N5O4/c1-10-8-9-13(32-3)15-11(2)26-20(27-16(10)15)30-21-28-17-12(6-5-7-14(17)33-4)18(29-21)34-19(31)22(23,24)25/h5-9H,1-4H3,(H,26,27,28,29,30). The van der Waals surface area contributed by atoms with Crippen LogP contribution in [0.15, 0.2) is 30.3 Å². The third-order valence-corrected chi connectivity index (χ3v) is 4.93. The quantitative estimate of drug-likeness (QED) is 0.422. The van der Waals surface area contributed by atoms with Crippen molar-refractivity contribution in [1.82, 2.24) is 19.9 Å². The number of carbonyl (C=O) groups excluding carboxylic acids is 1. The maximum atomic E-state index is 12.8. The number of alkyl halides is 3. The molecule has 176 valence electrons. The Morgan fingerprint density at radius 1 is 0.882 bits per heavy atom. The molecular weight excluding hydrogens is 455 g/mol. The van der Waals surface area contributed by atoms with Gasteiger partial charge in [-0.2, -0.15) is 18.2 Å². The predicted octanol–water partition coefficient (Wildman–Crippen LogP) is 4.42. The number of methoxy groups -OCH3 is 2. The molecule has 12 heteroatoms. The summed E-state index contributed by atoms with van der Waals surface area (Å²) in [5, 5.41) is 3.56. The Balaban J connectivity index is 1.84. The molecule has 4 aromatic rings. The van der Waals surface area contributed by atoms with Crippen molar-refractivity contribution in [3.63, 3.8) is 0 Å². The van der Waals surface area contributed by atoms with Crippen LogP contribution in [-0.4, -0.2) is 46.3 Å². The Kier molecular flexibility index (Phi) is 5.82. The van der Waals surface area contributed by atoms with Crippen molar-refractivity contribution in [2.45, 2.75) is 20.0 Å². The van der Waals surface area contributed by atoms with Crippen molar-refractivity contribution in [2.24, 2.45) is 0 Å². The Morgan fingerprint density at radius 3 is 2.24 bits per heavy atom. The normalized spacial score (nSPS) is 11.5. The number of benzene rings is 2. The number of nitrogens with zero attached hydrogens (tertiary/aromatic N) is 4. The summed E-state index contributed by atoms with van der Waals surface area (Å²) in [5.74, 6) is -2.28. The highest BCUT2D eigenvalue weighted by atomic mass is 19.4. The number of aromatic nitrogens is 4. The summed E-state index contributed by atoms with van der Waals surface area (Å²) >= 11 is 0. The first kappa shape index (κ1) is 23.0. The van der Waals surface area contributed by atoms with Crippen LogP contribution in [0.3, 0.4) is 0 Å². The molecule has 0 atom stereocenters. The molecule has 0 fully saturated rings. The first-order valence-corrected chi connectivity index (χ1v) is 9.85. The van der Waals surface area contributed by atoms with Gasteiger partial charge >= 0.3 is 12.1 Å². The number of nitrogens with one attached hydrogen (secondary N) is 1. The van der Waals surface area contributed by atoms with E-state index in [-0.39, 0.29) is 28.5 Å². The number of halogens is 3. The van der Waals surface area contributed by atoms with Gasteiger partial charge in [-0.3, -0.25) is 5.32 Å². The van der Waals surface area contributed by atoms with E-state index in [0.29, 0.717) is 22.3 Å². The fraction of sp³-hybridized carbons (Fsp3) is 0.227. The summed E-state index contributed by atoms with van der Waals surface area (Å²) in [6, 6.07) is 8.12. The minimum atomic E-state index is -5.21. The van der Waals surface area contributed by atoms with Gasteiger partial charge in [-0.25, -0.2) is 19.7 Å². The van der Waals surface area contributed by atoms with Crippen molar-refractivity contribution in [3.8, 4) is 17.4 Å². The topological polar surface area (TPSA) is 108 Å². The molecule has 0 aliphatic heterocycles. The van der Waals surface area contributed by atoms with Gasteiger partial charge in [0.05, 0.1) is 36.2 Å². The molecule has 0 amide bonds. The molecule has 2 heterocycles. The molecule has 0 aliphatic carbocycles. The fourth-order valence-electron chi connectivity index (χ4n) is 3.38. The van der Waals surface area contributed by atoms with E-state index in [1.165, 1.54) is 26.4 Å². The highest BCUT2D eigenvalue weighted by molar-refractivity contribution is 5.93. The first-order chi connectivity index (χ1) is 16.1. The molecule has 0 bridgehead atoms. The zero-order chi connectivity index (χ0) is 24.6. The number of rotatable bonds is 5. The molecule has 0 radical (unpaired) electrons. The second kappa shape index (κ2) is 8.61. The average molecular weight is 473 g/mol. The van der Waals surface area contributed by atoms with E-state index in [9.17, 15) is 18.0 Å². The number of esters is 1. The molecular formula is C22H18F3N5O4. The van der Waals surface area contributed by atoms with Crippen molar-refractivity contribution in [1.29, 1.82) is 0 Å². The van der Waals surface area contributed by atoms with Gasteiger partial charge in [0.2, 0.25) is 17.8 Å². The summed E-state index contributed by atoms with van der Waals surface area (Å²) in [5.41, 5.74) is 2.18. The maximum Gasteiger partial charge on any atom is 0.491 e. The van der Waals surface area contributed by atoms with Gasteiger partial charge in [-0.15, -0.1) is 0 Å². The monoisotopic (exact) mass is 473 g/mol. The number of aryl methyl sites for hydroxylation is 2. The van der Waals surface area contributed by atoms with E-state index in [4.69, 9.17) is 9.47 Å². The average Bonchev–Trinajstić information content (AvgIpc) is 2.78. The lowest BCUT2D eigenvalue weighted by Gasteiger charge is -2.14. The predicted molar refractivity (Wildman–Crippen MR) is 117 cm³/mol. The van der Waals surface area contributed by atoms with Crippen LogP contribution in [-0.2, 0) is 4.79 Å². The molecule has 4 rings (SSSR count). The fourth-order valence-corrected chi connectivity index (χ4v) is 3.38. The molecule has 0 unspecified atom stereocenters. The van der Waals surface area contributed by atoms with E-state index in [1.54, 1.807) is 19.1 Å². The van der Waals surface area contributed by atoms with Crippen LogP contribution in [0.25, 0.3) is 21.8 Å². The van der Waals surface area contributed by atoms with E-state index in [0.717, 1.165) is 5.56 Å². The Hall–Kier alpha value is -4.22. The largest absolute Gasteiger partial charge is 0.496 e. The Labute approximate surface area is 190 Å². The van der Waals surface area contributed by atoms with Gasteiger partial charge in [0.25, 0.3) is 0 Å². The molecule has 0 aliphatic rings. The summed E-state index contributed by atoms with van der Waals surface area (Å²) < 4.78 is 53.7. The lowest BCUT2D eigenvalue weighted by molar-refractivity contribution is -0.189. The van der Waals surface area contributed by atoms with Gasteiger partial charge in [-0.05, 0) is 37.6 Å². The highest BCUT2D eigenvalue weighted by Gasteiger charge is 2.42. The van der Waals surface area contributed by atoms with Gasteiger partial charge in [0, 0.05) is 0 Å². The van der Waals surface area contributed by atoms with E-state index >= 15 is 0 Å². The van der Waals surface area contributed by atoms with Crippen LogP contribution < -0.4 is 19.5 Å². The van der Waals surface area contributed by atoms with Crippen molar-refractivity contribution in [2.75, 3.05) is 19.5 Å². The summed E-state index contributed by atoms with van der Waals surface area (Å²) in [4.78, 5) is 28.7. The number of ether oxygens (including phenoxy) is 3. The summed E-state index contributed by atoms with van der Waals surface area (Å²) in [6.07, 6.45) is -5.21. The van der Waals surface area contributed by atoms with Gasteiger partial charge in [0.1, 0.15) is 17.0 Å². The smallest absolute Gasteiger partial charge is 0.491 e. The van der Waals surface area contributed by atoms with Gasteiger partial charge in [-0.1, -0.05) is 12.1 Å². The molecule has 2 aromatic heterocycles. The molecule has 2 aromatic carbocycles. The van der Waals surface area contributed by atoms with Crippen LogP contribution in [0.4, 0.5) is 25.1 Å². The van der Waals surface area contributed by atoms with E-state index in [2.05, 4.69) is 30.0 Å². The Bertz CT molecular complexity index is 1430. The number of fused-ring (bicyclic) bond motifs is 2. The molecule has 1 N–H and O–H groups in total. The van der Waals surface area contributed by atoms with E-state index in [1.807, 2.05) is 13.0 Å². The summed E-state index contributed by atoms with van der Waals surface area (Å²) in [6.45, 7) is 3.63. The number of para-hydroxylation sites is 1. The van der Waals surface area contributed by atoms with Crippen LogP contribution in [0.5, 0.6) is 17.4 Å². The first-order valence-electron chi connectivity index (χ1n) is 9.85. The van der Waals surface area contributed by atoms with Crippen molar-refractivity contribution < 1.29 is 32.2 Å². The number of hydrogen-bond acceptors (Lipinski definition) is 9. The maximum absolute atomic E-state index is 12.8. The molecule has 34 heavy (non-hydrogen) atoms. The third kappa shape index (κ3) is 4.21. The van der Waals surface area contributed by atoms with E-state index < -0.39 is 18.0 Å². The van der Waals surface area contributed by atoms with Gasteiger partial charge in [0.15, 0.2) is 0 Å². The van der Waals surface area contributed by atoms with Crippen LogP contribution in [0.1, 0.15) is 11.3 Å². The van der Waals surface area contributed by atoms with Crippen LogP contribution >= 0.6 is 0 Å². The van der Waals surface area contributed by atoms with Crippen LogP contribution in [0, 0.1) is 13.8 Å². The number of hydrogen-bond donors (Lipinski definition) is 1. The molecule has 0 saturated carbocycles. The molecule has 9 nitrogen and oxygen atoms in total. The lowest BCUT2D eigenvalue weighted by Crippen LogP contribution is -2.28. The van der Waals surface area contributed by atoms with Gasteiger partial charge < -0.3 is 14.2 Å². The number of carbonyl (C=O) groups is 1. The third-order valence-electron chi connectivity index (χ3n) is 4.93. The Morgan fingerprint density at radius 2 is 1.56 bits per heavy atom. The molecule has 0 spiro atoms. The lowest BCUT2D eigenvalue weighted by atomic mass is 10.1.